The molecule has 0 bridgehead atoms. The second kappa shape index (κ2) is 76.1. The Labute approximate surface area is 838 Å². The minimum atomic E-state index is -0.965. The Hall–Kier alpha value is -17.1. The van der Waals surface area contributed by atoms with Crippen molar-refractivity contribution in [2.75, 3.05) is 38.2 Å². The number of carboxylic acids is 3. The first kappa shape index (κ1) is 120. The molecule has 0 aliphatic carbocycles. The van der Waals surface area contributed by atoms with Crippen molar-refractivity contribution in [3.05, 3.63) is 408 Å². The molecule has 722 valence electrons. The number of aliphatic carboxylic acids is 2. The van der Waals surface area contributed by atoms with Crippen molar-refractivity contribution in [1.82, 2.24) is 0 Å². The highest BCUT2D eigenvalue weighted by Crippen LogP contribution is 2.33. The van der Waals surface area contributed by atoms with Crippen molar-refractivity contribution in [2.24, 2.45) is 0 Å². The molecule has 1 unspecified atom stereocenters. The third kappa shape index (κ3) is 54.3. The second-order valence-corrected chi connectivity index (χ2v) is 32.2. The standard InChI is InChI=1S/C17H17NO.C15H14N2O.C14H9NO2S.C12H13NO3.C11H13NO.C11H21N.C10H11N.3C8H7N.C4H5NO2/c1-3-4-13-19-17-11-7-15(8-12-17)14-5-9-16(18-2)10-6-14;1-2-5-15(18)17-14-9-8-11(10-16)12-6-3-4-7-13(12)14;15-9-10-5-1-3-7-12(10)18-13-8-4-2-6-11(13)14(16)17;1-13-9-10-4-6-11(7-5-10)16-8-2-3-12(14)15;1-2-3-8-13-11-6-4-10(9-12)5-7-11;1-3-4-5-6-7-8-9-10-11-12-2;1-8-5-4-6-10(7-8)9(2)11-3;1-7-2-4-8(6-9)5-3-7;1-7-3-2-4-8(5-7)6-9;1-7-4-2-3-5-8(7)6-9;1-5-3-2-4(6)7/h5-12H,3-4,13H2,1H3;3-4,6-9H,2,5H2,1H3,(H,17,18);1-8H,(H,16,17);4-7H,2-3,8-9H2,(H,14,15);4-7H,2-3,8H2,1H3;3-11H2,1H3;4-7,9H,1-2H3;3*2-5H,1H3;2-3H2,(H,6,7). The fourth-order valence-electron chi connectivity index (χ4n) is 11.9. The van der Waals surface area contributed by atoms with Gasteiger partial charge in [0.2, 0.25) is 31.6 Å². The third-order valence-corrected chi connectivity index (χ3v) is 20.9. The van der Waals surface area contributed by atoms with Crippen molar-refractivity contribution < 1.29 is 48.7 Å². The summed E-state index contributed by atoms with van der Waals surface area (Å²) in [5.74, 6) is -0.214. The number of fused-ring (bicyclic) bond motifs is 1. The summed E-state index contributed by atoms with van der Waals surface area (Å²) < 4.78 is 16.4. The highest BCUT2D eigenvalue weighted by Gasteiger charge is 2.14. The van der Waals surface area contributed by atoms with Crippen LogP contribution in [0.2, 0.25) is 0 Å². The van der Waals surface area contributed by atoms with Gasteiger partial charge in [0.1, 0.15) is 29.7 Å². The fourth-order valence-corrected chi connectivity index (χ4v) is 12.9. The molecule has 0 saturated heterocycles. The van der Waals surface area contributed by atoms with Crippen molar-refractivity contribution in [3.8, 4) is 64.8 Å². The van der Waals surface area contributed by atoms with Crippen LogP contribution < -0.4 is 19.5 Å². The zero-order valence-corrected chi connectivity index (χ0v) is 82.7. The van der Waals surface area contributed by atoms with E-state index in [4.69, 9.17) is 94.0 Å². The van der Waals surface area contributed by atoms with Gasteiger partial charge in [-0.25, -0.2) is 35.9 Å². The van der Waals surface area contributed by atoms with E-state index in [9.17, 15) is 19.2 Å². The van der Waals surface area contributed by atoms with Crippen LogP contribution in [-0.4, -0.2) is 72.0 Å². The normalized spacial score (nSPS) is 9.52. The molecule has 1 atom stereocenters. The van der Waals surface area contributed by atoms with Gasteiger partial charge in [-0.15, -0.1) is 0 Å². The molecule has 4 N–H and O–H groups in total. The highest BCUT2D eigenvalue weighted by atomic mass is 32.2. The number of amides is 1. The lowest BCUT2D eigenvalue weighted by Gasteiger charge is -2.09. The van der Waals surface area contributed by atoms with Crippen LogP contribution in [0.3, 0.4) is 0 Å². The Bertz CT molecular complexity index is 6230. The number of nitrogens with one attached hydrogen (secondary N) is 1. The number of carbonyl (C=O) groups excluding carboxylic acids is 1. The van der Waals surface area contributed by atoms with Crippen LogP contribution in [0.1, 0.15) is 227 Å². The lowest BCUT2D eigenvalue weighted by atomic mass is 10.0. The molecule has 0 aliphatic rings. The summed E-state index contributed by atoms with van der Waals surface area (Å²) >= 11 is 1.29. The number of rotatable bonds is 32. The topological polar surface area (TPSA) is 333 Å². The highest BCUT2D eigenvalue weighted by molar-refractivity contribution is 7.99. The molecule has 22 nitrogen and oxygen atoms in total. The van der Waals surface area contributed by atoms with Crippen molar-refractivity contribution in [3.63, 3.8) is 0 Å². The maximum Gasteiger partial charge on any atom is 0.336 e. The zero-order valence-electron chi connectivity index (χ0n) is 81.9. The number of anilines is 1. The molecule has 0 heterocycles. The molecular weight excluding hydrogens is 1780 g/mol. The van der Waals surface area contributed by atoms with E-state index >= 15 is 0 Å². The Morgan fingerprint density at radius 3 is 1.33 bits per heavy atom. The molecule has 0 fully saturated rings. The molecule has 0 spiro atoms. The Morgan fingerprint density at radius 2 is 0.858 bits per heavy atom. The number of nitriles is 6. The number of hydrogen-bond donors (Lipinski definition) is 4. The van der Waals surface area contributed by atoms with E-state index in [1.807, 2.05) is 236 Å². The van der Waals surface area contributed by atoms with Gasteiger partial charge in [0.05, 0.1) is 95.7 Å². The Kier molecular flexibility index (Phi) is 64.8. The van der Waals surface area contributed by atoms with E-state index in [0.29, 0.717) is 59.0 Å². The van der Waals surface area contributed by atoms with Gasteiger partial charge in [0, 0.05) is 63.6 Å². The number of unbranched alkanes of at least 4 members (excludes halogenated alkanes) is 9. The minimum absolute atomic E-state index is 0.00472. The van der Waals surface area contributed by atoms with Crippen LogP contribution in [0.5, 0.6) is 17.2 Å². The number of aryl methyl sites for hydroxylation is 4. The predicted octanol–water partition coefficient (Wildman–Crippen LogP) is 30.0. The molecule has 141 heavy (non-hydrogen) atoms. The predicted molar refractivity (Wildman–Crippen MR) is 562 cm³/mol. The molecule has 0 aromatic heterocycles. The van der Waals surface area contributed by atoms with Crippen LogP contribution in [-0.2, 0) is 20.9 Å². The van der Waals surface area contributed by atoms with E-state index in [-0.39, 0.29) is 36.9 Å². The van der Waals surface area contributed by atoms with E-state index in [1.165, 1.54) is 67.8 Å². The monoisotopic (exact) mass is 1900 g/mol. The summed E-state index contributed by atoms with van der Waals surface area (Å²) in [7, 11) is 0. The number of nitrogens with zero attached hydrogens (tertiary/aromatic N) is 11. The summed E-state index contributed by atoms with van der Waals surface area (Å²) in [6.45, 7) is 54.7. The van der Waals surface area contributed by atoms with Gasteiger partial charge in [-0.1, -0.05) is 248 Å². The van der Waals surface area contributed by atoms with Crippen LogP contribution in [0.4, 0.5) is 11.4 Å². The van der Waals surface area contributed by atoms with Crippen molar-refractivity contribution in [1.29, 1.82) is 31.6 Å². The molecule has 12 aromatic rings. The number of ether oxygens (including phenoxy) is 3. The quantitative estimate of drug-likeness (QED) is 0.0225. The average molecular weight is 1900 g/mol. The van der Waals surface area contributed by atoms with Crippen LogP contribution in [0.25, 0.3) is 46.1 Å². The number of aromatic carboxylic acids is 1. The van der Waals surface area contributed by atoms with Gasteiger partial charge >= 0.3 is 17.9 Å². The molecular formula is C118H124N12O10S. The molecule has 0 radical (unpaired) electrons. The smallest absolute Gasteiger partial charge is 0.336 e. The SMILES string of the molecule is CCCC(=O)Nc1ccc(C#N)c2ccccc12.CCCCOc1ccc(C#N)cc1.Cc1ccc(C#N)cc1.Cc1cccc(C#N)c1.Cc1ccccc1C#N.N#Cc1ccccc1Sc1ccccc1C(=O)O.[C-]#[N+]C(C)c1cccc(C)c1.[C-]#[N+]CCC(=O)O.[C-]#[N+]CCCCCCCCCC.[C-]#[N+]Cc1ccc(OCCCC(=O)O)cc1.[C-]#[N+]c1ccc(-c2ccc(OCCCC)cc2)cc1. The fraction of sp³-hybridized carbons (Fsp3) is 0.280. The van der Waals surface area contributed by atoms with E-state index in [1.54, 1.807) is 78.9 Å². The maximum atomic E-state index is 11.6. The summed E-state index contributed by atoms with van der Waals surface area (Å²) in [5, 5.41) is 81.9. The summed E-state index contributed by atoms with van der Waals surface area (Å²) in [5.41, 5.74) is 14.6. The van der Waals surface area contributed by atoms with E-state index in [2.05, 4.69) is 92.8 Å². The number of carboxylic acid groups (broad SMARTS) is 3. The lowest BCUT2D eigenvalue weighted by Crippen LogP contribution is -2.10. The Balaban J connectivity index is 0.000000531. The molecule has 12 aromatic carbocycles. The molecule has 0 saturated carbocycles. The minimum Gasteiger partial charge on any atom is -0.494 e. The van der Waals surface area contributed by atoms with Crippen molar-refractivity contribution in [2.45, 2.75) is 194 Å². The second-order valence-electron chi connectivity index (χ2n) is 31.1. The van der Waals surface area contributed by atoms with Gasteiger partial charge in [0.25, 0.3) is 0 Å². The zero-order chi connectivity index (χ0) is 104. The number of hydrogen-bond acceptors (Lipinski definition) is 14. The average Bonchev–Trinajstić information content (AvgIpc) is 0.802. The number of benzene rings is 12. The third-order valence-electron chi connectivity index (χ3n) is 19.7. The molecule has 23 heteroatoms. The first-order valence-electron chi connectivity index (χ1n) is 46.3. The number of carbonyl (C=O) groups is 4. The van der Waals surface area contributed by atoms with E-state index < -0.39 is 17.9 Å². The molecule has 1 amide bonds. The van der Waals surface area contributed by atoms with Gasteiger partial charge in [-0.3, -0.25) is 14.4 Å². The van der Waals surface area contributed by atoms with Gasteiger partial charge in [-0.05, 0) is 216 Å². The largest absolute Gasteiger partial charge is 0.494 e. The summed E-state index contributed by atoms with van der Waals surface area (Å²) in [6.07, 6.45) is 16.9. The Morgan fingerprint density at radius 1 is 0.390 bits per heavy atom. The van der Waals surface area contributed by atoms with E-state index in [0.717, 1.165) is 141 Å². The van der Waals surface area contributed by atoms with Gasteiger partial charge in [-0.2, -0.15) is 31.6 Å². The first-order chi connectivity index (χ1) is 68.3. The summed E-state index contributed by atoms with van der Waals surface area (Å²) in [4.78, 5) is 60.3. The lowest BCUT2D eigenvalue weighted by molar-refractivity contribution is -0.138. The maximum absolute atomic E-state index is 11.6. The van der Waals surface area contributed by atoms with Crippen LogP contribution in [0, 0.1) is 129 Å². The van der Waals surface area contributed by atoms with Crippen LogP contribution in [0.15, 0.2) is 289 Å². The van der Waals surface area contributed by atoms with Gasteiger partial charge < -0.3 is 54.2 Å². The summed E-state index contributed by atoms with van der Waals surface area (Å²) in [6, 6.07) is 98.3. The van der Waals surface area contributed by atoms with Gasteiger partial charge in [0.15, 0.2) is 5.69 Å². The molecule has 12 rings (SSSR count). The first-order valence-corrected chi connectivity index (χ1v) is 47.2. The van der Waals surface area contributed by atoms with Crippen LogP contribution >= 0.6 is 11.8 Å². The van der Waals surface area contributed by atoms with Crippen molar-refractivity contribution >= 4 is 57.7 Å². The molecule has 0 aliphatic heterocycles.